The van der Waals surface area contributed by atoms with Crippen molar-refractivity contribution in [1.82, 2.24) is 4.90 Å². The summed E-state index contributed by atoms with van der Waals surface area (Å²) >= 11 is 0. The molecule has 2 rings (SSSR count). The van der Waals surface area contributed by atoms with Gasteiger partial charge in [0.05, 0.1) is 0 Å². The smallest absolute Gasteiger partial charge is 0.0109 e. The van der Waals surface area contributed by atoms with Crippen LogP contribution in [-0.4, -0.2) is 17.0 Å². The summed E-state index contributed by atoms with van der Waals surface area (Å²) in [5.74, 6) is 0. The van der Waals surface area contributed by atoms with Gasteiger partial charge in [0.25, 0.3) is 0 Å². The van der Waals surface area contributed by atoms with E-state index in [-0.39, 0.29) is 26.0 Å². The fourth-order valence-corrected chi connectivity index (χ4v) is 1.87. The third kappa shape index (κ3) is 2.85. The Balaban J connectivity index is 0.00000112. The Morgan fingerprint density at radius 1 is 1.20 bits per heavy atom. The van der Waals surface area contributed by atoms with Crippen LogP contribution in [0.2, 0.25) is 0 Å². The van der Waals surface area contributed by atoms with Crippen LogP contribution in [0.3, 0.4) is 0 Å². The van der Waals surface area contributed by atoms with Gasteiger partial charge in [0, 0.05) is 26.0 Å². The van der Waals surface area contributed by atoms with Gasteiger partial charge < -0.3 is 4.90 Å². The summed E-state index contributed by atoms with van der Waals surface area (Å²) in [7, 11) is 0. The largest absolute Gasteiger partial charge is 0.313 e. The predicted molar refractivity (Wildman–Crippen MR) is 60.0 cm³/mol. The maximum absolute atomic E-state index is 2.50. The first kappa shape index (κ1) is 12.8. The Morgan fingerprint density at radius 2 is 1.87 bits per heavy atom. The van der Waals surface area contributed by atoms with Crippen LogP contribution in [0.4, 0.5) is 0 Å². The molecule has 0 saturated carbocycles. The van der Waals surface area contributed by atoms with Crippen molar-refractivity contribution in [2.45, 2.75) is 32.9 Å². The molecule has 1 aromatic rings. The first-order chi connectivity index (χ1) is 6.57. The average molecular weight is 375 g/mol. The average Bonchev–Trinajstić information content (AvgIpc) is 2.16. The molecule has 2 heteroatoms. The number of rotatable bonds is 0. The Labute approximate surface area is 107 Å². The van der Waals surface area contributed by atoms with E-state index >= 15 is 0 Å². The molecule has 0 spiro atoms. The molecule has 1 heterocycles. The molecule has 0 N–H and O–H groups in total. The summed E-state index contributed by atoms with van der Waals surface area (Å²) in [6.45, 7) is 8.97. The van der Waals surface area contributed by atoms with Crippen molar-refractivity contribution in [3.8, 4) is 0 Å². The molecule has 1 aromatic carbocycles. The van der Waals surface area contributed by atoms with Gasteiger partial charge >= 0.3 is 0 Å². The van der Waals surface area contributed by atoms with Gasteiger partial charge in [-0.15, -0.1) is 17.7 Å². The van der Waals surface area contributed by atoms with Crippen molar-refractivity contribution < 1.29 is 20.4 Å². The third-order valence-electron chi connectivity index (χ3n) is 2.90. The van der Waals surface area contributed by atoms with Gasteiger partial charge in [0.1, 0.15) is 0 Å². The molecular weight excluding hydrogens is 356 g/mol. The zero-order chi connectivity index (χ0) is 10.2. The van der Waals surface area contributed by atoms with Crippen molar-refractivity contribution in [3.05, 3.63) is 41.8 Å². The molecule has 0 bridgehead atoms. The monoisotopic (exact) mass is 375 g/mol. The van der Waals surface area contributed by atoms with Crippen molar-refractivity contribution in [1.29, 1.82) is 0 Å². The molecule has 1 radical (unpaired) electrons. The number of hydrogen-bond acceptors (Lipinski definition) is 1. The van der Waals surface area contributed by atoms with E-state index in [0.717, 1.165) is 13.1 Å². The van der Waals surface area contributed by atoms with Crippen LogP contribution in [0.25, 0.3) is 0 Å². The van der Waals surface area contributed by atoms with E-state index in [2.05, 4.69) is 56.4 Å². The summed E-state index contributed by atoms with van der Waals surface area (Å²) < 4.78 is 0. The van der Waals surface area contributed by atoms with E-state index < -0.39 is 0 Å². The quantitative estimate of drug-likeness (QED) is 0.631. The molecule has 1 nitrogen and oxygen atoms in total. The topological polar surface area (TPSA) is 3.24 Å². The minimum Gasteiger partial charge on any atom is -0.313 e. The molecule has 0 amide bonds. The summed E-state index contributed by atoms with van der Waals surface area (Å²) in [6.07, 6.45) is 2.32. The van der Waals surface area contributed by atoms with Crippen molar-refractivity contribution in [2.75, 3.05) is 6.54 Å². The molecule has 0 unspecified atom stereocenters. The van der Waals surface area contributed by atoms with E-state index in [0.29, 0.717) is 0 Å². The van der Waals surface area contributed by atoms with Crippen LogP contribution in [-0.2, 0) is 27.0 Å². The van der Waals surface area contributed by atoms with Crippen LogP contribution in [0, 0.1) is 6.42 Å². The summed E-state index contributed by atoms with van der Waals surface area (Å²) in [5, 5.41) is 0. The molecular formula is C13H18NRe-. The minimum absolute atomic E-state index is 0. The Morgan fingerprint density at radius 3 is 2.53 bits per heavy atom. The van der Waals surface area contributed by atoms with Crippen LogP contribution in [0.5, 0.6) is 0 Å². The van der Waals surface area contributed by atoms with Gasteiger partial charge in [-0.1, -0.05) is 6.07 Å². The molecule has 0 aliphatic carbocycles. The predicted octanol–water partition coefficient (Wildman–Crippen LogP) is 2.85. The van der Waals surface area contributed by atoms with E-state index in [1.54, 1.807) is 0 Å². The molecule has 0 fully saturated rings. The standard InChI is InChI=1S/C13H18N.Re/c1-13(2,3)14-9-8-11-6-4-5-7-12(11)10-14;/h4-8H,9-10H2,1-3H3;/q-1;. The second-order valence-corrected chi connectivity index (χ2v) is 4.95. The van der Waals surface area contributed by atoms with Crippen LogP contribution in [0.1, 0.15) is 31.9 Å². The normalized spacial score (nSPS) is 16.2. The van der Waals surface area contributed by atoms with Gasteiger partial charge in [-0.2, -0.15) is 18.1 Å². The maximum atomic E-state index is 2.50. The van der Waals surface area contributed by atoms with Crippen molar-refractivity contribution in [3.63, 3.8) is 0 Å². The number of nitrogens with zero attached hydrogens (tertiary/aromatic N) is 1. The van der Waals surface area contributed by atoms with Crippen molar-refractivity contribution in [2.24, 2.45) is 0 Å². The molecule has 1 aliphatic heterocycles. The van der Waals surface area contributed by atoms with Gasteiger partial charge in [-0.3, -0.25) is 0 Å². The zero-order valence-corrected chi connectivity index (χ0v) is 12.3. The molecule has 15 heavy (non-hydrogen) atoms. The van der Waals surface area contributed by atoms with E-state index in [4.69, 9.17) is 0 Å². The van der Waals surface area contributed by atoms with E-state index in [9.17, 15) is 0 Å². The Kier molecular flexibility index (Phi) is 4.00. The summed E-state index contributed by atoms with van der Waals surface area (Å²) in [5.41, 5.74) is 3.13. The van der Waals surface area contributed by atoms with E-state index in [1.807, 2.05) is 0 Å². The summed E-state index contributed by atoms with van der Waals surface area (Å²) in [4.78, 5) is 2.50. The van der Waals surface area contributed by atoms with Crippen LogP contribution < -0.4 is 0 Å². The molecule has 0 atom stereocenters. The second kappa shape index (κ2) is 4.70. The Bertz CT molecular complexity index is 328. The van der Waals surface area contributed by atoms with Gasteiger partial charge in [0.15, 0.2) is 0 Å². The van der Waals surface area contributed by atoms with E-state index in [1.165, 1.54) is 11.1 Å². The SMILES string of the molecule is CC(C)(C)N1C[CH-]c2ccccc2C1.[Re]. The molecule has 0 saturated heterocycles. The fraction of sp³-hybridized carbons (Fsp3) is 0.462. The van der Waals surface area contributed by atoms with Crippen LogP contribution >= 0.6 is 0 Å². The first-order valence-electron chi connectivity index (χ1n) is 5.23. The first-order valence-corrected chi connectivity index (χ1v) is 5.23. The third-order valence-corrected chi connectivity index (χ3v) is 2.90. The minimum atomic E-state index is 0. The van der Waals surface area contributed by atoms with Crippen molar-refractivity contribution >= 4 is 0 Å². The zero-order valence-electron chi connectivity index (χ0n) is 9.63. The van der Waals surface area contributed by atoms with Crippen LogP contribution in [0.15, 0.2) is 24.3 Å². The molecule has 83 valence electrons. The van der Waals surface area contributed by atoms with Gasteiger partial charge in [0.2, 0.25) is 0 Å². The van der Waals surface area contributed by atoms with Gasteiger partial charge in [-0.05, 0) is 33.9 Å². The second-order valence-electron chi connectivity index (χ2n) is 4.95. The number of hydrogen-bond donors (Lipinski definition) is 0. The number of fused-ring (bicyclic) bond motifs is 1. The van der Waals surface area contributed by atoms with Gasteiger partial charge in [-0.25, -0.2) is 0 Å². The molecule has 0 aromatic heterocycles. The molecule has 1 aliphatic rings. The Hall–Kier alpha value is -0.288. The maximum Gasteiger partial charge on any atom is 0.0109 e. The fourth-order valence-electron chi connectivity index (χ4n) is 1.87. The summed E-state index contributed by atoms with van der Waals surface area (Å²) in [6, 6.07) is 8.67. The number of benzene rings is 1.